The number of H-pyrrole nitrogens is 1. The molecule has 0 saturated carbocycles. The lowest BCUT2D eigenvalue weighted by Gasteiger charge is -2.07. The van der Waals surface area contributed by atoms with Gasteiger partial charge in [-0.05, 0) is 48.7 Å². The van der Waals surface area contributed by atoms with E-state index in [0.717, 1.165) is 35.5 Å². The molecule has 9 heteroatoms. The van der Waals surface area contributed by atoms with E-state index in [1.54, 1.807) is 18.2 Å². The molecule has 0 fully saturated rings. The first-order valence-electron chi connectivity index (χ1n) is 9.22. The fourth-order valence-electron chi connectivity index (χ4n) is 2.72. The molecule has 0 unspecified atom stereocenters. The SMILES string of the molecule is CCc1ccc(S(=O)(=O)c2cnc(SCC(=O)Nc3cccc(C)c3)[nH]c2=O)cc1. The summed E-state index contributed by atoms with van der Waals surface area (Å²) in [4.78, 5) is 30.5. The summed E-state index contributed by atoms with van der Waals surface area (Å²) in [5.74, 6) is -0.248. The second-order valence-electron chi connectivity index (χ2n) is 6.59. The Kier molecular flexibility index (Phi) is 6.73. The lowest BCUT2D eigenvalue weighted by Crippen LogP contribution is -2.20. The average molecular weight is 444 g/mol. The van der Waals surface area contributed by atoms with Crippen molar-refractivity contribution in [3.63, 3.8) is 0 Å². The molecule has 0 bridgehead atoms. The molecule has 3 rings (SSSR count). The van der Waals surface area contributed by atoms with Crippen LogP contribution in [0.5, 0.6) is 0 Å². The Labute approximate surface area is 178 Å². The van der Waals surface area contributed by atoms with E-state index in [1.165, 1.54) is 12.1 Å². The largest absolute Gasteiger partial charge is 0.325 e. The predicted octanol–water partition coefficient (Wildman–Crippen LogP) is 3.20. The number of nitrogens with zero attached hydrogens (tertiary/aromatic N) is 1. The maximum absolute atomic E-state index is 12.7. The average Bonchev–Trinajstić information content (AvgIpc) is 2.72. The van der Waals surface area contributed by atoms with Crippen LogP contribution < -0.4 is 10.9 Å². The normalized spacial score (nSPS) is 11.3. The van der Waals surface area contributed by atoms with Crippen molar-refractivity contribution in [2.24, 2.45) is 0 Å². The number of aromatic amines is 1. The van der Waals surface area contributed by atoms with Gasteiger partial charge in [-0.2, -0.15) is 0 Å². The van der Waals surface area contributed by atoms with E-state index in [9.17, 15) is 18.0 Å². The van der Waals surface area contributed by atoms with Crippen molar-refractivity contribution in [3.05, 3.63) is 76.2 Å². The summed E-state index contributed by atoms with van der Waals surface area (Å²) in [7, 11) is -3.98. The van der Waals surface area contributed by atoms with Crippen LogP contribution >= 0.6 is 11.8 Å². The van der Waals surface area contributed by atoms with Gasteiger partial charge < -0.3 is 10.3 Å². The van der Waals surface area contributed by atoms with Crippen LogP contribution in [0.3, 0.4) is 0 Å². The van der Waals surface area contributed by atoms with Crippen molar-refractivity contribution in [1.82, 2.24) is 9.97 Å². The topological polar surface area (TPSA) is 109 Å². The molecule has 1 heterocycles. The fourth-order valence-corrected chi connectivity index (χ4v) is 4.58. The smallest absolute Gasteiger partial charge is 0.270 e. The molecule has 2 aromatic carbocycles. The fraction of sp³-hybridized carbons (Fsp3) is 0.190. The Hall–Kier alpha value is -2.91. The highest BCUT2D eigenvalue weighted by atomic mass is 32.2. The van der Waals surface area contributed by atoms with Crippen molar-refractivity contribution < 1.29 is 13.2 Å². The summed E-state index contributed by atoms with van der Waals surface area (Å²) in [6, 6.07) is 13.8. The minimum Gasteiger partial charge on any atom is -0.325 e. The van der Waals surface area contributed by atoms with Crippen LogP contribution in [0.15, 0.2) is 74.5 Å². The first-order chi connectivity index (χ1) is 14.3. The molecule has 0 spiro atoms. The van der Waals surface area contributed by atoms with Gasteiger partial charge in [-0.15, -0.1) is 0 Å². The third kappa shape index (κ3) is 5.17. The van der Waals surface area contributed by atoms with Crippen molar-refractivity contribution >= 4 is 33.2 Å². The van der Waals surface area contributed by atoms with Crippen LogP contribution in [0, 0.1) is 6.92 Å². The first-order valence-corrected chi connectivity index (χ1v) is 11.7. The molecule has 0 aliphatic rings. The molecule has 0 saturated heterocycles. The number of aromatic nitrogens is 2. The van der Waals surface area contributed by atoms with Gasteiger partial charge in [0.2, 0.25) is 15.7 Å². The number of hydrogen-bond acceptors (Lipinski definition) is 6. The molecule has 7 nitrogen and oxygen atoms in total. The highest BCUT2D eigenvalue weighted by molar-refractivity contribution is 7.99. The van der Waals surface area contributed by atoms with Crippen LogP contribution in [-0.4, -0.2) is 30.0 Å². The predicted molar refractivity (Wildman–Crippen MR) is 117 cm³/mol. The van der Waals surface area contributed by atoms with Crippen molar-refractivity contribution in [3.8, 4) is 0 Å². The van der Waals surface area contributed by atoms with Gasteiger partial charge in [-0.1, -0.05) is 43.0 Å². The molecule has 0 aliphatic heterocycles. The summed E-state index contributed by atoms with van der Waals surface area (Å²) >= 11 is 1.01. The minimum absolute atomic E-state index is 0.0153. The molecule has 0 radical (unpaired) electrons. The quantitative estimate of drug-likeness (QED) is 0.429. The second-order valence-corrected chi connectivity index (χ2v) is 9.47. The van der Waals surface area contributed by atoms with Gasteiger partial charge >= 0.3 is 0 Å². The van der Waals surface area contributed by atoms with E-state index in [-0.39, 0.29) is 21.7 Å². The number of sulfone groups is 1. The summed E-state index contributed by atoms with van der Waals surface area (Å²) in [6.45, 7) is 3.89. The van der Waals surface area contributed by atoms with Gasteiger partial charge in [0.25, 0.3) is 5.56 Å². The number of anilines is 1. The van der Waals surface area contributed by atoms with Gasteiger partial charge in [-0.25, -0.2) is 13.4 Å². The van der Waals surface area contributed by atoms with Crippen LogP contribution in [-0.2, 0) is 21.1 Å². The van der Waals surface area contributed by atoms with E-state index >= 15 is 0 Å². The number of rotatable bonds is 7. The lowest BCUT2D eigenvalue weighted by molar-refractivity contribution is -0.113. The number of benzene rings is 2. The molecule has 1 aromatic heterocycles. The highest BCUT2D eigenvalue weighted by Crippen LogP contribution is 2.19. The molecular formula is C21H21N3O4S2. The molecule has 2 N–H and O–H groups in total. The Balaban J connectivity index is 1.70. The van der Waals surface area contributed by atoms with Gasteiger partial charge in [0.1, 0.15) is 0 Å². The molecule has 156 valence electrons. The minimum atomic E-state index is -3.98. The van der Waals surface area contributed by atoms with Crippen LogP contribution in [0.25, 0.3) is 0 Å². The number of amides is 1. The zero-order valence-corrected chi connectivity index (χ0v) is 18.1. The zero-order chi connectivity index (χ0) is 21.7. The number of hydrogen-bond donors (Lipinski definition) is 2. The molecule has 0 aliphatic carbocycles. The zero-order valence-electron chi connectivity index (χ0n) is 16.5. The van der Waals surface area contributed by atoms with Crippen molar-refractivity contribution in [2.75, 3.05) is 11.1 Å². The van der Waals surface area contributed by atoms with Crippen molar-refractivity contribution in [1.29, 1.82) is 0 Å². The third-order valence-electron chi connectivity index (χ3n) is 4.32. The highest BCUT2D eigenvalue weighted by Gasteiger charge is 2.22. The molecule has 1 amide bonds. The third-order valence-corrected chi connectivity index (χ3v) is 6.97. The molecule has 0 atom stereocenters. The van der Waals surface area contributed by atoms with Crippen LogP contribution in [0.1, 0.15) is 18.1 Å². The monoisotopic (exact) mass is 443 g/mol. The number of nitrogens with one attached hydrogen (secondary N) is 2. The van der Waals surface area contributed by atoms with E-state index in [0.29, 0.717) is 5.69 Å². The number of carbonyl (C=O) groups excluding carboxylic acids is 1. The number of thioether (sulfide) groups is 1. The Morgan fingerprint density at radius 2 is 1.90 bits per heavy atom. The molecular weight excluding hydrogens is 422 g/mol. The summed E-state index contributed by atoms with van der Waals surface area (Å²) in [6.07, 6.45) is 1.81. The lowest BCUT2D eigenvalue weighted by atomic mass is 10.2. The van der Waals surface area contributed by atoms with Gasteiger partial charge in [0, 0.05) is 5.69 Å². The summed E-state index contributed by atoms with van der Waals surface area (Å²) in [5, 5.41) is 2.92. The second kappa shape index (κ2) is 9.27. The Bertz CT molecular complexity index is 1220. The molecule has 30 heavy (non-hydrogen) atoms. The van der Waals surface area contributed by atoms with Gasteiger partial charge in [0.15, 0.2) is 10.1 Å². The number of carbonyl (C=O) groups is 1. The van der Waals surface area contributed by atoms with Crippen LogP contribution in [0.4, 0.5) is 5.69 Å². The van der Waals surface area contributed by atoms with Crippen LogP contribution in [0.2, 0.25) is 0 Å². The maximum Gasteiger partial charge on any atom is 0.270 e. The van der Waals surface area contributed by atoms with Gasteiger partial charge in [0.05, 0.1) is 16.8 Å². The van der Waals surface area contributed by atoms with E-state index in [1.807, 2.05) is 32.0 Å². The summed E-state index contributed by atoms with van der Waals surface area (Å²) in [5.41, 5.74) is 1.92. The Morgan fingerprint density at radius 3 is 2.53 bits per heavy atom. The Morgan fingerprint density at radius 1 is 1.17 bits per heavy atom. The van der Waals surface area contributed by atoms with E-state index in [2.05, 4.69) is 15.3 Å². The first kappa shape index (κ1) is 21.8. The maximum atomic E-state index is 12.7. The van der Waals surface area contributed by atoms with E-state index in [4.69, 9.17) is 0 Å². The van der Waals surface area contributed by atoms with Crippen molar-refractivity contribution in [2.45, 2.75) is 35.2 Å². The number of aryl methyl sites for hydroxylation is 2. The standard InChI is InChI=1S/C21H21N3O4S2/c1-3-15-7-9-17(10-8-15)30(27,28)18-12-22-21(24-20(18)26)29-13-19(25)23-16-6-4-5-14(2)11-16/h4-12H,3,13H2,1-2H3,(H,23,25)(H,22,24,26). The molecule has 3 aromatic rings. The van der Waals surface area contributed by atoms with Gasteiger partial charge in [-0.3, -0.25) is 9.59 Å². The van der Waals surface area contributed by atoms with E-state index < -0.39 is 20.3 Å². The summed E-state index contributed by atoms with van der Waals surface area (Å²) < 4.78 is 25.5.